The quantitative estimate of drug-likeness (QED) is 0.901. The highest BCUT2D eigenvalue weighted by Crippen LogP contribution is 2.29. The van der Waals surface area contributed by atoms with Crippen LogP contribution < -0.4 is 0 Å². The minimum atomic E-state index is -0.478. The third-order valence-electron chi connectivity index (χ3n) is 5.56. The van der Waals surface area contributed by atoms with Gasteiger partial charge in [-0.25, -0.2) is 0 Å². The minimum absolute atomic E-state index is 0.0796. The van der Waals surface area contributed by atoms with Crippen LogP contribution in [0.15, 0.2) is 24.3 Å². The van der Waals surface area contributed by atoms with Gasteiger partial charge < -0.3 is 14.7 Å². The zero-order valence-corrected chi connectivity index (χ0v) is 14.6. The average molecular weight is 332 g/mol. The molecule has 0 aromatic heterocycles. The van der Waals surface area contributed by atoms with E-state index in [1.807, 2.05) is 38.2 Å². The van der Waals surface area contributed by atoms with E-state index in [1.165, 1.54) is 0 Å². The molecule has 5 heteroatoms. The molecule has 1 heterocycles. The van der Waals surface area contributed by atoms with E-state index in [1.54, 1.807) is 4.90 Å². The van der Waals surface area contributed by atoms with Crippen molar-refractivity contribution in [1.29, 1.82) is 0 Å². The summed E-state index contributed by atoms with van der Waals surface area (Å²) in [5.41, 5.74) is 2.20. The van der Waals surface area contributed by atoms with Crippen LogP contribution in [0, 0.1) is 6.92 Å². The molecular formula is C19H28N2O3. The molecule has 3 rings (SSSR count). The number of aliphatic hydroxyl groups excluding tert-OH is 1. The van der Waals surface area contributed by atoms with Crippen LogP contribution in [-0.4, -0.2) is 72.4 Å². The Morgan fingerprint density at radius 1 is 1.29 bits per heavy atom. The van der Waals surface area contributed by atoms with Crippen LogP contribution in [0.3, 0.4) is 0 Å². The maximum absolute atomic E-state index is 12.7. The van der Waals surface area contributed by atoms with Gasteiger partial charge in [0.05, 0.1) is 31.8 Å². The number of carbonyl (C=O) groups excluding carboxylic acids is 1. The first-order valence-electron chi connectivity index (χ1n) is 8.88. The van der Waals surface area contributed by atoms with Crippen LogP contribution in [-0.2, 0) is 16.0 Å². The number of morpholine rings is 1. The Morgan fingerprint density at radius 2 is 2.00 bits per heavy atom. The van der Waals surface area contributed by atoms with Gasteiger partial charge in [0.15, 0.2) is 0 Å². The molecule has 1 N–H and O–H groups in total. The van der Waals surface area contributed by atoms with Crippen LogP contribution in [0.2, 0.25) is 0 Å². The van der Waals surface area contributed by atoms with E-state index in [4.69, 9.17) is 4.74 Å². The van der Waals surface area contributed by atoms with Crippen molar-refractivity contribution in [3.63, 3.8) is 0 Å². The Hall–Kier alpha value is -1.43. The molecule has 0 spiro atoms. The van der Waals surface area contributed by atoms with Gasteiger partial charge in [0.25, 0.3) is 0 Å². The Kier molecular flexibility index (Phi) is 5.54. The zero-order valence-electron chi connectivity index (χ0n) is 14.6. The number of amides is 1. The van der Waals surface area contributed by atoms with E-state index in [2.05, 4.69) is 4.90 Å². The van der Waals surface area contributed by atoms with Crippen molar-refractivity contribution in [3.05, 3.63) is 35.4 Å². The predicted octanol–water partition coefficient (Wildman–Crippen LogP) is 1.22. The third kappa shape index (κ3) is 3.63. The van der Waals surface area contributed by atoms with Crippen molar-refractivity contribution in [1.82, 2.24) is 9.80 Å². The molecule has 2 fully saturated rings. The van der Waals surface area contributed by atoms with Gasteiger partial charge in [0, 0.05) is 26.2 Å². The number of benzene rings is 1. The summed E-state index contributed by atoms with van der Waals surface area (Å²) in [6.45, 7) is 5.23. The van der Waals surface area contributed by atoms with Crippen LogP contribution >= 0.6 is 0 Å². The number of likely N-dealkylation sites (N-methyl/N-ethyl adjacent to an activating group) is 1. The number of nitrogens with zero attached hydrogens (tertiary/aromatic N) is 2. The number of aryl methyl sites for hydroxylation is 1. The molecule has 5 nitrogen and oxygen atoms in total. The summed E-state index contributed by atoms with van der Waals surface area (Å²) in [5, 5.41) is 10.8. The molecule has 0 bridgehead atoms. The maximum Gasteiger partial charge on any atom is 0.227 e. The topological polar surface area (TPSA) is 53.0 Å². The standard InChI is InChI=1S/C19H28N2O3/c1-14-5-3-4-6-15(14)13-18(22)20(2)16-7-8-17(19(16)23)21-9-11-24-12-10-21/h3-6,16-17,19,23H,7-13H2,1-2H3/t16-,17-,19-/m1/s1. The SMILES string of the molecule is Cc1ccccc1CC(=O)N(C)[C@@H]1CC[C@@H](N2CCOCC2)[C@@H]1O. The lowest BCUT2D eigenvalue weighted by molar-refractivity contribution is -0.133. The second kappa shape index (κ2) is 7.64. The normalized spacial score (nSPS) is 28.0. The second-order valence-corrected chi connectivity index (χ2v) is 6.96. The maximum atomic E-state index is 12.7. The van der Waals surface area contributed by atoms with Crippen molar-refractivity contribution in [2.75, 3.05) is 33.4 Å². The van der Waals surface area contributed by atoms with Crippen LogP contribution in [0.1, 0.15) is 24.0 Å². The van der Waals surface area contributed by atoms with Crippen molar-refractivity contribution < 1.29 is 14.6 Å². The minimum Gasteiger partial charge on any atom is -0.389 e. The lowest BCUT2D eigenvalue weighted by Crippen LogP contribution is -2.52. The highest BCUT2D eigenvalue weighted by molar-refractivity contribution is 5.79. The molecule has 1 saturated carbocycles. The van der Waals surface area contributed by atoms with Crippen LogP contribution in [0.4, 0.5) is 0 Å². The molecule has 3 atom stereocenters. The molecule has 0 unspecified atom stereocenters. The van der Waals surface area contributed by atoms with Gasteiger partial charge in [-0.05, 0) is 30.9 Å². The number of carbonyl (C=O) groups is 1. The van der Waals surface area contributed by atoms with Crippen molar-refractivity contribution in [2.24, 2.45) is 0 Å². The summed E-state index contributed by atoms with van der Waals surface area (Å²) in [6, 6.07) is 8.04. The van der Waals surface area contributed by atoms with Gasteiger partial charge >= 0.3 is 0 Å². The summed E-state index contributed by atoms with van der Waals surface area (Å²) in [6.07, 6.45) is 1.72. The summed E-state index contributed by atoms with van der Waals surface area (Å²) in [7, 11) is 1.83. The smallest absolute Gasteiger partial charge is 0.227 e. The summed E-state index contributed by atoms with van der Waals surface area (Å²) in [4.78, 5) is 16.7. The first-order chi connectivity index (χ1) is 11.6. The van der Waals surface area contributed by atoms with Crippen molar-refractivity contribution >= 4 is 5.91 Å². The van der Waals surface area contributed by atoms with Gasteiger partial charge in [0.1, 0.15) is 0 Å². The van der Waals surface area contributed by atoms with E-state index in [0.29, 0.717) is 6.42 Å². The Labute approximate surface area is 144 Å². The first-order valence-corrected chi connectivity index (χ1v) is 8.88. The molecule has 1 aromatic carbocycles. The van der Waals surface area contributed by atoms with E-state index in [-0.39, 0.29) is 18.0 Å². The molecule has 2 aliphatic rings. The van der Waals surface area contributed by atoms with Gasteiger partial charge in [-0.2, -0.15) is 0 Å². The Morgan fingerprint density at radius 3 is 2.71 bits per heavy atom. The molecule has 1 amide bonds. The average Bonchev–Trinajstić information content (AvgIpc) is 2.98. The number of hydrogen-bond donors (Lipinski definition) is 1. The fourth-order valence-corrected chi connectivity index (χ4v) is 3.95. The molecule has 24 heavy (non-hydrogen) atoms. The number of ether oxygens (including phenoxy) is 1. The molecule has 1 saturated heterocycles. The summed E-state index contributed by atoms with van der Waals surface area (Å²) >= 11 is 0. The largest absolute Gasteiger partial charge is 0.389 e. The van der Waals surface area contributed by atoms with Gasteiger partial charge in [-0.15, -0.1) is 0 Å². The van der Waals surface area contributed by atoms with Gasteiger partial charge in [-0.3, -0.25) is 9.69 Å². The fourth-order valence-electron chi connectivity index (χ4n) is 3.95. The van der Waals surface area contributed by atoms with Crippen molar-refractivity contribution in [3.8, 4) is 0 Å². The third-order valence-corrected chi connectivity index (χ3v) is 5.56. The van der Waals surface area contributed by atoms with Crippen LogP contribution in [0.25, 0.3) is 0 Å². The second-order valence-electron chi connectivity index (χ2n) is 6.96. The fraction of sp³-hybridized carbons (Fsp3) is 0.632. The first kappa shape index (κ1) is 17.4. The van der Waals surface area contributed by atoms with Crippen LogP contribution in [0.5, 0.6) is 0 Å². The molecule has 0 radical (unpaired) electrons. The highest BCUT2D eigenvalue weighted by atomic mass is 16.5. The summed E-state index contributed by atoms with van der Waals surface area (Å²) < 4.78 is 5.40. The van der Waals surface area contributed by atoms with E-state index < -0.39 is 6.10 Å². The van der Waals surface area contributed by atoms with Gasteiger partial charge in [0.2, 0.25) is 5.91 Å². The van der Waals surface area contributed by atoms with Gasteiger partial charge in [-0.1, -0.05) is 24.3 Å². The summed E-state index contributed by atoms with van der Waals surface area (Å²) in [5.74, 6) is 0.0796. The van der Waals surface area contributed by atoms with Crippen molar-refractivity contribution in [2.45, 2.75) is 44.4 Å². The molecule has 1 aromatic rings. The number of rotatable bonds is 4. The zero-order chi connectivity index (χ0) is 17.1. The monoisotopic (exact) mass is 332 g/mol. The molecular weight excluding hydrogens is 304 g/mol. The van der Waals surface area contributed by atoms with E-state index in [0.717, 1.165) is 50.3 Å². The lowest BCUT2D eigenvalue weighted by atomic mass is 10.0. The molecule has 1 aliphatic heterocycles. The number of hydrogen-bond acceptors (Lipinski definition) is 4. The predicted molar refractivity (Wildman–Crippen MR) is 92.9 cm³/mol. The number of aliphatic hydroxyl groups is 1. The lowest BCUT2D eigenvalue weighted by Gasteiger charge is -2.36. The van der Waals surface area contributed by atoms with E-state index in [9.17, 15) is 9.90 Å². The molecule has 132 valence electrons. The molecule has 1 aliphatic carbocycles. The highest BCUT2D eigenvalue weighted by Gasteiger charge is 2.41. The Balaban J connectivity index is 1.61. The van der Waals surface area contributed by atoms with E-state index >= 15 is 0 Å². The Bertz CT molecular complexity index is 571.